The lowest BCUT2D eigenvalue weighted by molar-refractivity contribution is -0.138. The Balaban J connectivity index is 1.19. The standard InChI is InChI=1S/C25H26N4O3S/c30-22(16-29-24(31)20(27-25(29)32)13-12-17-7-2-1-3-8-17)28-14-6-9-18(15-28)23-26-19-10-4-5-11-21(19)33-23/h1-5,7-8,10-11,18,20H,6,9,12-16H2,(H,27,32)/t18-,20-/m0/s1. The molecule has 8 heteroatoms. The van der Waals surface area contributed by atoms with E-state index in [-0.39, 0.29) is 24.3 Å². The number of thiazole rings is 1. The van der Waals surface area contributed by atoms with E-state index in [1.54, 1.807) is 16.2 Å². The van der Waals surface area contributed by atoms with Gasteiger partial charge in [-0.1, -0.05) is 42.5 Å². The summed E-state index contributed by atoms with van der Waals surface area (Å²) in [6, 6.07) is 16.9. The Morgan fingerprint density at radius 3 is 2.70 bits per heavy atom. The number of rotatable bonds is 6. The highest BCUT2D eigenvalue weighted by atomic mass is 32.1. The maximum absolute atomic E-state index is 13.0. The summed E-state index contributed by atoms with van der Waals surface area (Å²) in [5.74, 6) is -0.320. The topological polar surface area (TPSA) is 82.6 Å². The molecule has 2 aliphatic rings. The van der Waals surface area contributed by atoms with Crippen molar-refractivity contribution in [3.05, 3.63) is 65.2 Å². The van der Waals surface area contributed by atoms with Crippen molar-refractivity contribution >= 4 is 39.4 Å². The van der Waals surface area contributed by atoms with Crippen molar-refractivity contribution in [1.82, 2.24) is 20.1 Å². The molecule has 0 saturated carbocycles. The Morgan fingerprint density at radius 2 is 1.88 bits per heavy atom. The number of benzene rings is 2. The fraction of sp³-hybridized carbons (Fsp3) is 0.360. The highest BCUT2D eigenvalue weighted by Gasteiger charge is 2.39. The molecule has 2 aromatic carbocycles. The number of hydrogen-bond donors (Lipinski definition) is 1. The van der Waals surface area contributed by atoms with Gasteiger partial charge in [-0.15, -0.1) is 11.3 Å². The maximum Gasteiger partial charge on any atom is 0.325 e. The Labute approximate surface area is 196 Å². The summed E-state index contributed by atoms with van der Waals surface area (Å²) >= 11 is 1.68. The van der Waals surface area contributed by atoms with Crippen molar-refractivity contribution < 1.29 is 14.4 Å². The highest BCUT2D eigenvalue weighted by molar-refractivity contribution is 7.18. The largest absolute Gasteiger partial charge is 0.340 e. The quantitative estimate of drug-likeness (QED) is 0.568. The van der Waals surface area contributed by atoms with Crippen molar-refractivity contribution in [3.63, 3.8) is 0 Å². The van der Waals surface area contributed by atoms with Crippen molar-refractivity contribution in [1.29, 1.82) is 0 Å². The first-order valence-electron chi connectivity index (χ1n) is 11.4. The number of aryl methyl sites for hydroxylation is 1. The predicted octanol–water partition coefficient (Wildman–Crippen LogP) is 3.56. The van der Waals surface area contributed by atoms with Crippen LogP contribution in [0.25, 0.3) is 10.2 Å². The minimum atomic E-state index is -0.581. The Hall–Kier alpha value is -3.26. The molecule has 0 aliphatic carbocycles. The van der Waals surface area contributed by atoms with Crippen LogP contribution in [0.3, 0.4) is 0 Å². The molecule has 170 valence electrons. The Bertz CT molecular complexity index is 1150. The molecule has 5 rings (SSSR count). The van der Waals surface area contributed by atoms with Gasteiger partial charge in [0.2, 0.25) is 5.91 Å². The SMILES string of the molecule is O=C(CN1C(=O)N[C@@H](CCc2ccccc2)C1=O)N1CCC[C@H](c2nc3ccccc3s2)C1. The van der Waals surface area contributed by atoms with Crippen LogP contribution >= 0.6 is 11.3 Å². The van der Waals surface area contributed by atoms with Crippen molar-refractivity contribution in [2.24, 2.45) is 0 Å². The summed E-state index contributed by atoms with van der Waals surface area (Å²) in [5, 5.41) is 3.79. The van der Waals surface area contributed by atoms with Gasteiger partial charge in [0, 0.05) is 19.0 Å². The third kappa shape index (κ3) is 4.61. The number of hydrogen-bond acceptors (Lipinski definition) is 5. The van der Waals surface area contributed by atoms with Crippen LogP contribution in [0.4, 0.5) is 4.79 Å². The second kappa shape index (κ2) is 9.31. The first kappa shape index (κ1) is 21.6. The monoisotopic (exact) mass is 462 g/mol. The van der Waals surface area contributed by atoms with E-state index < -0.39 is 12.1 Å². The highest BCUT2D eigenvalue weighted by Crippen LogP contribution is 2.33. The third-order valence-electron chi connectivity index (χ3n) is 6.40. The van der Waals surface area contributed by atoms with E-state index in [9.17, 15) is 14.4 Å². The molecule has 33 heavy (non-hydrogen) atoms. The van der Waals surface area contributed by atoms with Gasteiger partial charge in [-0.05, 0) is 43.4 Å². The van der Waals surface area contributed by atoms with Crippen molar-refractivity contribution in [2.75, 3.05) is 19.6 Å². The van der Waals surface area contributed by atoms with E-state index >= 15 is 0 Å². The summed E-state index contributed by atoms with van der Waals surface area (Å²) < 4.78 is 1.15. The minimum Gasteiger partial charge on any atom is -0.340 e. The number of aromatic nitrogens is 1. The second-order valence-electron chi connectivity index (χ2n) is 8.65. The van der Waals surface area contributed by atoms with Crippen molar-refractivity contribution in [2.45, 2.75) is 37.6 Å². The van der Waals surface area contributed by atoms with Gasteiger partial charge < -0.3 is 10.2 Å². The molecule has 0 bridgehead atoms. The molecule has 2 saturated heterocycles. The number of nitrogens with one attached hydrogen (secondary N) is 1. The summed E-state index contributed by atoms with van der Waals surface area (Å²) in [7, 11) is 0. The van der Waals surface area contributed by atoms with E-state index in [2.05, 4.69) is 11.4 Å². The van der Waals surface area contributed by atoms with Crippen LogP contribution in [0.1, 0.15) is 35.8 Å². The lowest BCUT2D eigenvalue weighted by Crippen LogP contribution is -2.46. The summed E-state index contributed by atoms with van der Waals surface area (Å²) in [6.45, 7) is 1.00. The van der Waals surface area contributed by atoms with Gasteiger partial charge in [0.25, 0.3) is 5.91 Å². The number of urea groups is 1. The zero-order valence-corrected chi connectivity index (χ0v) is 19.1. The third-order valence-corrected chi connectivity index (χ3v) is 7.60. The van der Waals surface area contributed by atoms with Crippen LogP contribution in [0.5, 0.6) is 0 Å². The van der Waals surface area contributed by atoms with Crippen LogP contribution in [-0.4, -0.2) is 58.3 Å². The summed E-state index contributed by atoms with van der Waals surface area (Å²) in [6.07, 6.45) is 3.07. The Kier molecular flexibility index (Phi) is 6.09. The molecular weight excluding hydrogens is 436 g/mol. The number of imide groups is 1. The number of piperidine rings is 1. The molecule has 1 aromatic heterocycles. The molecule has 1 N–H and O–H groups in total. The first-order chi connectivity index (χ1) is 16.1. The van der Waals surface area contributed by atoms with Crippen LogP contribution in [-0.2, 0) is 16.0 Å². The number of amides is 4. The lowest BCUT2D eigenvalue weighted by Gasteiger charge is -2.32. The molecule has 0 spiro atoms. The van der Waals surface area contributed by atoms with Crippen molar-refractivity contribution in [3.8, 4) is 0 Å². The smallest absolute Gasteiger partial charge is 0.325 e. The molecule has 2 atom stereocenters. The van der Waals surface area contributed by atoms with Gasteiger partial charge in [0.05, 0.1) is 15.2 Å². The van der Waals surface area contributed by atoms with Gasteiger partial charge in [0.1, 0.15) is 12.6 Å². The molecule has 4 amide bonds. The van der Waals surface area contributed by atoms with Gasteiger partial charge >= 0.3 is 6.03 Å². The summed E-state index contributed by atoms with van der Waals surface area (Å²) in [4.78, 5) is 45.9. The molecule has 2 fully saturated rings. The number of likely N-dealkylation sites (tertiary alicyclic amines) is 1. The number of para-hydroxylation sites is 1. The lowest BCUT2D eigenvalue weighted by atomic mass is 9.98. The molecule has 7 nitrogen and oxygen atoms in total. The number of fused-ring (bicyclic) bond motifs is 1. The molecule has 0 radical (unpaired) electrons. The molecular formula is C25H26N4O3S. The average Bonchev–Trinajstić information content (AvgIpc) is 3.40. The van der Waals surface area contributed by atoms with Crippen LogP contribution in [0.2, 0.25) is 0 Å². The molecule has 3 heterocycles. The molecule has 0 unspecified atom stereocenters. The van der Waals surface area contributed by atoms with Crippen LogP contribution < -0.4 is 5.32 Å². The fourth-order valence-corrected chi connectivity index (χ4v) is 5.68. The average molecular weight is 463 g/mol. The van der Waals surface area contributed by atoms with Gasteiger partial charge in [-0.3, -0.25) is 14.5 Å². The zero-order chi connectivity index (χ0) is 22.8. The van der Waals surface area contributed by atoms with Crippen LogP contribution in [0.15, 0.2) is 54.6 Å². The van der Waals surface area contributed by atoms with Gasteiger partial charge in [-0.2, -0.15) is 0 Å². The number of nitrogens with zero attached hydrogens (tertiary/aromatic N) is 3. The number of carbonyl (C=O) groups is 3. The second-order valence-corrected chi connectivity index (χ2v) is 9.71. The van der Waals surface area contributed by atoms with E-state index in [4.69, 9.17) is 4.98 Å². The van der Waals surface area contributed by atoms with Gasteiger partial charge in [-0.25, -0.2) is 9.78 Å². The summed E-state index contributed by atoms with van der Waals surface area (Å²) in [5.41, 5.74) is 2.10. The van der Waals surface area contributed by atoms with E-state index in [1.165, 1.54) is 0 Å². The zero-order valence-electron chi connectivity index (χ0n) is 18.3. The normalized spacial score (nSPS) is 21.0. The van der Waals surface area contributed by atoms with E-state index in [0.717, 1.165) is 38.5 Å². The Morgan fingerprint density at radius 1 is 1.09 bits per heavy atom. The minimum absolute atomic E-state index is 0.182. The van der Waals surface area contributed by atoms with Gasteiger partial charge in [0.15, 0.2) is 0 Å². The molecule has 2 aliphatic heterocycles. The predicted molar refractivity (Wildman–Crippen MR) is 127 cm³/mol. The molecule has 3 aromatic rings. The fourth-order valence-electron chi connectivity index (χ4n) is 4.58. The first-order valence-corrected chi connectivity index (χ1v) is 12.2. The van der Waals surface area contributed by atoms with E-state index in [1.807, 2.05) is 48.5 Å². The maximum atomic E-state index is 13.0. The number of carbonyl (C=O) groups excluding carboxylic acids is 3. The van der Waals surface area contributed by atoms with Crippen LogP contribution in [0, 0.1) is 0 Å². The van der Waals surface area contributed by atoms with E-state index in [0.29, 0.717) is 25.9 Å².